The van der Waals surface area contributed by atoms with Crippen LogP contribution in [0.1, 0.15) is 19.3 Å². The average Bonchev–Trinajstić information content (AvgIpc) is 2.48. The van der Waals surface area contributed by atoms with Gasteiger partial charge in [0.25, 0.3) is 5.69 Å². The van der Waals surface area contributed by atoms with Gasteiger partial charge < -0.3 is 5.32 Å². The Morgan fingerprint density at radius 3 is 2.57 bits per heavy atom. The third-order valence-electron chi connectivity index (χ3n) is 3.67. The summed E-state index contributed by atoms with van der Waals surface area (Å²) in [5.74, 6) is 0. The smallest absolute Gasteiger partial charge is 0.269 e. The highest BCUT2D eigenvalue weighted by Gasteiger charge is 2.33. The number of nitro benzene ring substituents is 1. The van der Waals surface area contributed by atoms with E-state index in [1.165, 1.54) is 28.6 Å². The molecule has 0 radical (unpaired) electrons. The number of sulfonamides is 1. The Hall–Kier alpha value is -1.51. The second-order valence-electron chi connectivity index (χ2n) is 5.07. The third-order valence-corrected chi connectivity index (χ3v) is 5.63. The molecular formula is C13H19N3O4S. The molecule has 0 saturated carbocycles. The Balaban J connectivity index is 2.28. The molecular weight excluding hydrogens is 294 g/mol. The van der Waals surface area contributed by atoms with Gasteiger partial charge in [0.1, 0.15) is 0 Å². The normalized spacial score (nSPS) is 20.3. The van der Waals surface area contributed by atoms with Crippen molar-refractivity contribution in [3.8, 4) is 0 Å². The maximum absolute atomic E-state index is 12.7. The fraction of sp³-hybridized carbons (Fsp3) is 0.538. The lowest BCUT2D eigenvalue weighted by molar-refractivity contribution is -0.384. The van der Waals surface area contributed by atoms with Crippen molar-refractivity contribution < 1.29 is 13.3 Å². The molecule has 1 saturated heterocycles. The first-order chi connectivity index (χ1) is 9.96. The van der Waals surface area contributed by atoms with E-state index in [2.05, 4.69) is 5.32 Å². The molecule has 0 aliphatic carbocycles. The van der Waals surface area contributed by atoms with Gasteiger partial charge in [-0.25, -0.2) is 8.42 Å². The summed E-state index contributed by atoms with van der Waals surface area (Å²) in [6.45, 7) is 1.10. The van der Waals surface area contributed by atoms with Crippen molar-refractivity contribution in [2.24, 2.45) is 0 Å². The molecule has 1 aliphatic rings. The Kier molecular flexibility index (Phi) is 4.92. The summed E-state index contributed by atoms with van der Waals surface area (Å²) >= 11 is 0. The fourth-order valence-corrected chi connectivity index (χ4v) is 4.30. The van der Waals surface area contributed by atoms with Crippen LogP contribution < -0.4 is 5.32 Å². The van der Waals surface area contributed by atoms with Crippen LogP contribution in [0, 0.1) is 10.1 Å². The van der Waals surface area contributed by atoms with Gasteiger partial charge in [0.2, 0.25) is 10.0 Å². The summed E-state index contributed by atoms with van der Waals surface area (Å²) in [6.07, 6.45) is 2.68. The first-order valence-electron chi connectivity index (χ1n) is 6.87. The van der Waals surface area contributed by atoms with E-state index in [1.807, 2.05) is 0 Å². The first-order valence-corrected chi connectivity index (χ1v) is 8.31. The lowest BCUT2D eigenvalue weighted by atomic mass is 10.1. The third kappa shape index (κ3) is 3.39. The highest BCUT2D eigenvalue weighted by atomic mass is 32.2. The number of nitrogens with one attached hydrogen (secondary N) is 1. The molecule has 7 nitrogen and oxygen atoms in total. The van der Waals surface area contributed by atoms with E-state index in [-0.39, 0.29) is 16.6 Å². The van der Waals surface area contributed by atoms with Crippen LogP contribution in [0.3, 0.4) is 0 Å². The van der Waals surface area contributed by atoms with E-state index < -0.39 is 14.9 Å². The van der Waals surface area contributed by atoms with E-state index in [0.717, 1.165) is 19.3 Å². The number of non-ortho nitro benzene ring substituents is 1. The Labute approximate surface area is 124 Å². The molecule has 0 bridgehead atoms. The second kappa shape index (κ2) is 6.50. The minimum absolute atomic E-state index is 0.0658. The van der Waals surface area contributed by atoms with E-state index in [0.29, 0.717) is 13.1 Å². The van der Waals surface area contributed by atoms with Crippen molar-refractivity contribution in [3.05, 3.63) is 34.4 Å². The number of benzene rings is 1. The van der Waals surface area contributed by atoms with Gasteiger partial charge in [-0.3, -0.25) is 10.1 Å². The molecule has 1 aromatic carbocycles. The number of likely N-dealkylation sites (N-methyl/N-ethyl adjacent to an activating group) is 1. The maximum Gasteiger partial charge on any atom is 0.269 e. The van der Waals surface area contributed by atoms with Crippen LogP contribution in [0.25, 0.3) is 0 Å². The molecule has 1 aliphatic heterocycles. The van der Waals surface area contributed by atoms with Gasteiger partial charge in [0, 0.05) is 31.3 Å². The van der Waals surface area contributed by atoms with Gasteiger partial charge in [0.05, 0.1) is 9.82 Å². The molecule has 1 fully saturated rings. The van der Waals surface area contributed by atoms with Crippen molar-refractivity contribution in [1.82, 2.24) is 9.62 Å². The fourth-order valence-electron chi connectivity index (χ4n) is 2.61. The Bertz CT molecular complexity index is 598. The predicted octanol–water partition coefficient (Wildman–Crippen LogP) is 1.36. The van der Waals surface area contributed by atoms with Crippen LogP contribution in [0.4, 0.5) is 5.69 Å². The van der Waals surface area contributed by atoms with Crippen LogP contribution in [-0.2, 0) is 10.0 Å². The molecule has 0 aromatic heterocycles. The molecule has 1 atom stereocenters. The van der Waals surface area contributed by atoms with Gasteiger partial charge in [-0.2, -0.15) is 4.31 Å². The lowest BCUT2D eigenvalue weighted by Crippen LogP contribution is -2.47. The molecule has 0 amide bonds. The monoisotopic (exact) mass is 313 g/mol. The van der Waals surface area contributed by atoms with E-state index in [4.69, 9.17) is 0 Å². The van der Waals surface area contributed by atoms with E-state index in [1.54, 1.807) is 7.05 Å². The summed E-state index contributed by atoms with van der Waals surface area (Å²) in [5, 5.41) is 13.7. The second-order valence-corrected chi connectivity index (χ2v) is 6.96. The van der Waals surface area contributed by atoms with Crippen molar-refractivity contribution in [2.45, 2.75) is 30.2 Å². The molecule has 2 rings (SSSR count). The Morgan fingerprint density at radius 2 is 2.00 bits per heavy atom. The zero-order valence-corrected chi connectivity index (χ0v) is 12.7. The molecule has 8 heteroatoms. The Morgan fingerprint density at radius 1 is 1.33 bits per heavy atom. The molecule has 116 valence electrons. The summed E-state index contributed by atoms with van der Waals surface area (Å²) in [5.41, 5.74) is -0.112. The first kappa shape index (κ1) is 15.9. The average molecular weight is 313 g/mol. The van der Waals surface area contributed by atoms with Gasteiger partial charge in [0.15, 0.2) is 0 Å². The standard InChI is InChI=1S/C13H19N3O4S/c1-14-10-12-4-2-3-9-15(12)21(19,20)13-7-5-11(6-8-13)16(17)18/h5-8,12,14H,2-4,9-10H2,1H3/t12-/m0/s1. The van der Waals surface area contributed by atoms with Gasteiger partial charge in [-0.05, 0) is 32.0 Å². The maximum atomic E-state index is 12.7. The predicted molar refractivity (Wildman–Crippen MR) is 78.6 cm³/mol. The quantitative estimate of drug-likeness (QED) is 0.654. The van der Waals surface area contributed by atoms with Crippen molar-refractivity contribution in [2.75, 3.05) is 20.1 Å². The zero-order valence-electron chi connectivity index (χ0n) is 11.9. The van der Waals surface area contributed by atoms with Crippen LogP contribution >= 0.6 is 0 Å². The van der Waals surface area contributed by atoms with Crippen LogP contribution in [0.2, 0.25) is 0 Å². The summed E-state index contributed by atoms with van der Waals surface area (Å²) < 4.78 is 26.9. The van der Waals surface area contributed by atoms with Gasteiger partial charge >= 0.3 is 0 Å². The van der Waals surface area contributed by atoms with Crippen molar-refractivity contribution in [3.63, 3.8) is 0 Å². The largest absolute Gasteiger partial charge is 0.318 e. The number of hydrogen-bond donors (Lipinski definition) is 1. The minimum Gasteiger partial charge on any atom is -0.318 e. The summed E-state index contributed by atoms with van der Waals surface area (Å²) in [6, 6.07) is 4.99. The van der Waals surface area contributed by atoms with Crippen LogP contribution in [0.15, 0.2) is 29.2 Å². The molecule has 1 N–H and O–H groups in total. The van der Waals surface area contributed by atoms with E-state index >= 15 is 0 Å². The topological polar surface area (TPSA) is 92.6 Å². The van der Waals surface area contributed by atoms with Crippen molar-refractivity contribution >= 4 is 15.7 Å². The highest BCUT2D eigenvalue weighted by Crippen LogP contribution is 2.26. The SMILES string of the molecule is CNC[C@@H]1CCCCN1S(=O)(=O)c1ccc([N+](=O)[O-])cc1. The number of nitro groups is 1. The highest BCUT2D eigenvalue weighted by molar-refractivity contribution is 7.89. The number of piperidine rings is 1. The van der Waals surface area contributed by atoms with Crippen LogP contribution in [0.5, 0.6) is 0 Å². The molecule has 21 heavy (non-hydrogen) atoms. The lowest BCUT2D eigenvalue weighted by Gasteiger charge is -2.34. The van der Waals surface area contributed by atoms with E-state index in [9.17, 15) is 18.5 Å². The summed E-state index contributed by atoms with van der Waals surface area (Å²) in [7, 11) is -1.81. The van der Waals surface area contributed by atoms with Crippen molar-refractivity contribution in [1.29, 1.82) is 0 Å². The van der Waals surface area contributed by atoms with Gasteiger partial charge in [-0.15, -0.1) is 0 Å². The molecule has 0 unspecified atom stereocenters. The van der Waals surface area contributed by atoms with Gasteiger partial charge in [-0.1, -0.05) is 6.42 Å². The minimum atomic E-state index is -3.61. The molecule has 1 aromatic rings. The number of rotatable bonds is 5. The molecule has 1 heterocycles. The molecule has 0 spiro atoms. The number of nitrogens with zero attached hydrogens (tertiary/aromatic N) is 2. The van der Waals surface area contributed by atoms with Crippen LogP contribution in [-0.4, -0.2) is 43.8 Å². The summed E-state index contributed by atoms with van der Waals surface area (Å²) in [4.78, 5) is 10.2. The zero-order chi connectivity index (χ0) is 15.5. The number of hydrogen-bond acceptors (Lipinski definition) is 5.